The number of rotatable bonds is 6. The van der Waals surface area contributed by atoms with Gasteiger partial charge in [0.2, 0.25) is 0 Å². The van der Waals surface area contributed by atoms with Crippen LogP contribution in [0, 0.1) is 0 Å². The summed E-state index contributed by atoms with van der Waals surface area (Å²) in [7, 11) is 6.31. The number of hydrogen-bond acceptors (Lipinski definition) is 4. The van der Waals surface area contributed by atoms with E-state index in [1.165, 1.54) is 9.35 Å². The van der Waals surface area contributed by atoms with Crippen molar-refractivity contribution in [2.24, 2.45) is 5.73 Å². The van der Waals surface area contributed by atoms with Crippen LogP contribution in [0.25, 0.3) is 0 Å². The first-order chi connectivity index (χ1) is 7.56. The van der Waals surface area contributed by atoms with Crippen LogP contribution in [0.15, 0.2) is 15.9 Å². The predicted molar refractivity (Wildman–Crippen MR) is 75.0 cm³/mol. The first-order valence-electron chi connectivity index (χ1n) is 5.34. The Morgan fingerprint density at radius 3 is 2.50 bits per heavy atom. The van der Waals surface area contributed by atoms with E-state index in [4.69, 9.17) is 5.73 Å². The van der Waals surface area contributed by atoms with Crippen molar-refractivity contribution < 1.29 is 0 Å². The molecule has 0 fully saturated rings. The van der Waals surface area contributed by atoms with E-state index in [1.54, 1.807) is 11.3 Å². The van der Waals surface area contributed by atoms with E-state index in [-0.39, 0.29) is 0 Å². The standard InChI is InChI=1S/C11H20BrN3S/c1-14(2)5-6-15(3)10(8-13)11-9(12)4-7-16-11/h4,7,10H,5-6,8,13H2,1-3H3. The molecule has 0 saturated heterocycles. The smallest absolute Gasteiger partial charge is 0.0573 e. The van der Waals surface area contributed by atoms with Gasteiger partial charge in [0.25, 0.3) is 0 Å². The molecule has 3 nitrogen and oxygen atoms in total. The Morgan fingerprint density at radius 2 is 2.06 bits per heavy atom. The third kappa shape index (κ3) is 3.82. The molecule has 0 amide bonds. The van der Waals surface area contributed by atoms with Crippen LogP contribution in [0.2, 0.25) is 0 Å². The lowest BCUT2D eigenvalue weighted by Crippen LogP contribution is -2.35. The SMILES string of the molecule is CN(C)CCN(C)C(CN)c1sccc1Br. The fourth-order valence-electron chi connectivity index (χ4n) is 1.54. The fourth-order valence-corrected chi connectivity index (χ4v) is 3.36. The minimum atomic E-state index is 0.314. The molecule has 5 heteroatoms. The normalized spacial score (nSPS) is 13.7. The summed E-state index contributed by atoms with van der Waals surface area (Å²) in [5.74, 6) is 0. The predicted octanol–water partition coefficient (Wildman–Crippen LogP) is 2.00. The highest BCUT2D eigenvalue weighted by Gasteiger charge is 2.18. The molecule has 1 aromatic heterocycles. The van der Waals surface area contributed by atoms with Crippen molar-refractivity contribution >= 4 is 27.3 Å². The van der Waals surface area contributed by atoms with Crippen molar-refractivity contribution in [3.8, 4) is 0 Å². The van der Waals surface area contributed by atoms with Crippen LogP contribution in [0.5, 0.6) is 0 Å². The minimum Gasteiger partial charge on any atom is -0.329 e. The zero-order valence-electron chi connectivity index (χ0n) is 10.1. The summed E-state index contributed by atoms with van der Waals surface area (Å²) in [5, 5.41) is 2.10. The lowest BCUT2D eigenvalue weighted by atomic mass is 10.2. The molecule has 0 aromatic carbocycles. The maximum Gasteiger partial charge on any atom is 0.0573 e. The van der Waals surface area contributed by atoms with Gasteiger partial charge >= 0.3 is 0 Å². The van der Waals surface area contributed by atoms with Gasteiger partial charge in [0.15, 0.2) is 0 Å². The Labute approximate surface area is 110 Å². The Morgan fingerprint density at radius 1 is 1.38 bits per heavy atom. The van der Waals surface area contributed by atoms with Gasteiger partial charge in [-0.1, -0.05) is 0 Å². The van der Waals surface area contributed by atoms with Gasteiger partial charge < -0.3 is 10.6 Å². The van der Waals surface area contributed by atoms with Crippen molar-refractivity contribution in [3.05, 3.63) is 20.8 Å². The summed E-state index contributed by atoms with van der Waals surface area (Å²) >= 11 is 5.34. The molecule has 1 aromatic rings. The van der Waals surface area contributed by atoms with Gasteiger partial charge in [-0.25, -0.2) is 0 Å². The number of nitrogens with zero attached hydrogens (tertiary/aromatic N) is 2. The van der Waals surface area contributed by atoms with Gasteiger partial charge in [-0.15, -0.1) is 11.3 Å². The molecule has 0 aliphatic rings. The van der Waals surface area contributed by atoms with Gasteiger partial charge in [0.05, 0.1) is 6.04 Å². The van der Waals surface area contributed by atoms with Crippen LogP contribution in [0.3, 0.4) is 0 Å². The molecule has 1 atom stereocenters. The largest absolute Gasteiger partial charge is 0.329 e. The number of halogens is 1. The van der Waals surface area contributed by atoms with Gasteiger partial charge in [-0.05, 0) is 48.5 Å². The summed E-state index contributed by atoms with van der Waals surface area (Å²) in [6, 6.07) is 2.40. The van der Waals surface area contributed by atoms with Crippen LogP contribution >= 0.6 is 27.3 Å². The van der Waals surface area contributed by atoms with E-state index < -0.39 is 0 Å². The molecule has 0 saturated carbocycles. The van der Waals surface area contributed by atoms with Crippen molar-refractivity contribution in [2.45, 2.75) is 6.04 Å². The third-order valence-electron chi connectivity index (χ3n) is 2.60. The molecule has 16 heavy (non-hydrogen) atoms. The molecule has 1 heterocycles. The Balaban J connectivity index is 2.64. The molecule has 0 aliphatic heterocycles. The first-order valence-corrected chi connectivity index (χ1v) is 7.01. The van der Waals surface area contributed by atoms with E-state index in [2.05, 4.69) is 58.3 Å². The maximum atomic E-state index is 5.87. The van der Waals surface area contributed by atoms with E-state index in [1.807, 2.05) is 0 Å². The summed E-state index contributed by atoms with van der Waals surface area (Å²) in [6.07, 6.45) is 0. The van der Waals surface area contributed by atoms with Gasteiger partial charge in [0.1, 0.15) is 0 Å². The number of hydrogen-bond donors (Lipinski definition) is 1. The fraction of sp³-hybridized carbons (Fsp3) is 0.636. The highest BCUT2D eigenvalue weighted by molar-refractivity contribution is 9.10. The quantitative estimate of drug-likeness (QED) is 0.872. The minimum absolute atomic E-state index is 0.314. The average Bonchev–Trinajstić information content (AvgIpc) is 2.63. The van der Waals surface area contributed by atoms with E-state index in [0.29, 0.717) is 12.6 Å². The van der Waals surface area contributed by atoms with Gasteiger partial charge in [-0.2, -0.15) is 0 Å². The van der Waals surface area contributed by atoms with E-state index in [0.717, 1.165) is 13.1 Å². The zero-order valence-corrected chi connectivity index (χ0v) is 12.5. The maximum absolute atomic E-state index is 5.87. The Kier molecular flexibility index (Phi) is 5.92. The van der Waals surface area contributed by atoms with Crippen molar-refractivity contribution in [1.29, 1.82) is 0 Å². The Hall–Kier alpha value is 0.0600. The molecule has 1 unspecified atom stereocenters. The molecule has 0 radical (unpaired) electrons. The second kappa shape index (κ2) is 6.71. The molecule has 0 aliphatic carbocycles. The highest BCUT2D eigenvalue weighted by Crippen LogP contribution is 2.31. The van der Waals surface area contributed by atoms with Crippen LogP contribution < -0.4 is 5.73 Å². The highest BCUT2D eigenvalue weighted by atomic mass is 79.9. The molecular weight excluding hydrogens is 286 g/mol. The van der Waals surface area contributed by atoms with Crippen LogP contribution in [-0.2, 0) is 0 Å². The van der Waals surface area contributed by atoms with Gasteiger partial charge in [-0.3, -0.25) is 4.90 Å². The summed E-state index contributed by atoms with van der Waals surface area (Å²) in [4.78, 5) is 5.83. The Bertz CT molecular complexity index is 314. The van der Waals surface area contributed by atoms with E-state index >= 15 is 0 Å². The molecule has 0 bridgehead atoms. The summed E-state index contributed by atoms with van der Waals surface area (Å²) in [5.41, 5.74) is 5.87. The second-order valence-corrected chi connectivity index (χ2v) is 5.97. The van der Waals surface area contributed by atoms with Crippen molar-refractivity contribution in [2.75, 3.05) is 40.8 Å². The summed E-state index contributed by atoms with van der Waals surface area (Å²) < 4.78 is 1.17. The van der Waals surface area contributed by atoms with Crippen LogP contribution in [0.4, 0.5) is 0 Å². The summed E-state index contributed by atoms with van der Waals surface area (Å²) in [6.45, 7) is 2.73. The lowest BCUT2D eigenvalue weighted by molar-refractivity contribution is 0.225. The van der Waals surface area contributed by atoms with Gasteiger partial charge in [0, 0.05) is 29.0 Å². The molecule has 2 N–H and O–H groups in total. The molecular formula is C11H20BrN3S. The number of likely N-dealkylation sites (N-methyl/N-ethyl adjacent to an activating group) is 2. The zero-order chi connectivity index (χ0) is 12.1. The van der Waals surface area contributed by atoms with Crippen LogP contribution in [-0.4, -0.2) is 50.6 Å². The second-order valence-electron chi connectivity index (χ2n) is 4.17. The monoisotopic (exact) mass is 305 g/mol. The van der Waals surface area contributed by atoms with Crippen LogP contribution in [0.1, 0.15) is 10.9 Å². The average molecular weight is 306 g/mol. The molecule has 0 spiro atoms. The number of thiophene rings is 1. The topological polar surface area (TPSA) is 32.5 Å². The molecule has 92 valence electrons. The van der Waals surface area contributed by atoms with E-state index in [9.17, 15) is 0 Å². The number of nitrogens with two attached hydrogens (primary N) is 1. The van der Waals surface area contributed by atoms with Crippen molar-refractivity contribution in [1.82, 2.24) is 9.80 Å². The first kappa shape index (κ1) is 14.1. The van der Waals surface area contributed by atoms with Crippen molar-refractivity contribution in [3.63, 3.8) is 0 Å². The molecule has 1 rings (SSSR count). The lowest BCUT2D eigenvalue weighted by Gasteiger charge is -2.27. The third-order valence-corrected chi connectivity index (χ3v) is 4.57.